The number of nitrogens with zero attached hydrogens (tertiary/aromatic N) is 2. The molecule has 1 fully saturated rings. The third kappa shape index (κ3) is 5.74. The molecule has 0 spiro atoms. The van der Waals surface area contributed by atoms with Gasteiger partial charge in [0.1, 0.15) is 0 Å². The van der Waals surface area contributed by atoms with Crippen molar-refractivity contribution < 1.29 is 32.7 Å². The van der Waals surface area contributed by atoms with Gasteiger partial charge in [0.25, 0.3) is 5.91 Å². The van der Waals surface area contributed by atoms with Gasteiger partial charge < -0.3 is 9.64 Å². The number of benzene rings is 2. The van der Waals surface area contributed by atoms with Crippen LogP contribution in [-0.2, 0) is 17.5 Å². The lowest BCUT2D eigenvalue weighted by Crippen LogP contribution is -2.44. The number of carbonyl (C=O) groups is 2. The van der Waals surface area contributed by atoms with Crippen molar-refractivity contribution in [3.05, 3.63) is 65.2 Å². The minimum Gasteiger partial charge on any atom is -0.380 e. The molecule has 0 atom stereocenters. The van der Waals surface area contributed by atoms with E-state index in [1.807, 2.05) is 0 Å². The highest BCUT2D eigenvalue weighted by Gasteiger charge is 2.31. The Morgan fingerprint density at radius 3 is 2.32 bits per heavy atom. The normalized spacial score (nSPS) is 14.6. The molecule has 166 valence electrons. The molecule has 0 saturated carbocycles. The average molecular weight is 437 g/mol. The van der Waals surface area contributed by atoms with Crippen LogP contribution in [0, 0.1) is 0 Å². The molecule has 31 heavy (non-hydrogen) atoms. The van der Waals surface area contributed by atoms with E-state index in [4.69, 9.17) is 9.94 Å². The fourth-order valence-corrected chi connectivity index (χ4v) is 3.22. The van der Waals surface area contributed by atoms with Gasteiger partial charge in [-0.15, -0.1) is 0 Å². The molecule has 2 aromatic rings. The minimum atomic E-state index is -4.47. The zero-order valence-electron chi connectivity index (χ0n) is 16.6. The Labute approximate surface area is 177 Å². The number of hydrogen-bond acceptors (Lipinski definition) is 4. The lowest BCUT2D eigenvalue weighted by atomic mass is 10.1. The van der Waals surface area contributed by atoms with Crippen LogP contribution in [0.3, 0.4) is 0 Å². The summed E-state index contributed by atoms with van der Waals surface area (Å²) in [6, 6.07) is 10.3. The van der Waals surface area contributed by atoms with E-state index in [1.165, 1.54) is 34.6 Å². The highest BCUT2D eigenvalue weighted by molar-refractivity contribution is 5.94. The van der Waals surface area contributed by atoms with Crippen LogP contribution in [0.4, 0.5) is 23.7 Å². The predicted octanol–water partition coefficient (Wildman–Crippen LogP) is 3.67. The zero-order valence-corrected chi connectivity index (χ0v) is 16.6. The number of halogens is 3. The van der Waals surface area contributed by atoms with Gasteiger partial charge in [0.05, 0.1) is 18.7 Å². The second-order valence-corrected chi connectivity index (χ2v) is 7.00. The summed E-state index contributed by atoms with van der Waals surface area (Å²) in [5.41, 5.74) is 1.94. The first-order chi connectivity index (χ1) is 14.8. The van der Waals surface area contributed by atoms with Gasteiger partial charge in [-0.3, -0.25) is 14.9 Å². The standard InChI is InChI=1S/C21H22F3N3O4/c22-21(23,24)17-6-8-18(9-7-17)27(20(29)26-10-1-12-31-13-11-26)14-15-2-4-16(5-3-15)19(28)25-30/h2-9,30H,1,10-14H2,(H,25,28). The van der Waals surface area contributed by atoms with Crippen LogP contribution in [0.15, 0.2) is 48.5 Å². The van der Waals surface area contributed by atoms with Crippen molar-refractivity contribution >= 4 is 17.6 Å². The number of alkyl halides is 3. The fourth-order valence-electron chi connectivity index (χ4n) is 3.22. The van der Waals surface area contributed by atoms with Crippen molar-refractivity contribution in [2.24, 2.45) is 0 Å². The van der Waals surface area contributed by atoms with E-state index in [1.54, 1.807) is 17.0 Å². The van der Waals surface area contributed by atoms with Crippen molar-refractivity contribution in [2.45, 2.75) is 19.1 Å². The van der Waals surface area contributed by atoms with Crippen LogP contribution >= 0.6 is 0 Å². The predicted molar refractivity (Wildman–Crippen MR) is 106 cm³/mol. The Kier molecular flexibility index (Phi) is 7.13. The Bertz CT molecular complexity index is 894. The molecule has 7 nitrogen and oxygen atoms in total. The number of carbonyl (C=O) groups excluding carboxylic acids is 2. The van der Waals surface area contributed by atoms with Gasteiger partial charge in [-0.25, -0.2) is 10.3 Å². The first-order valence-corrected chi connectivity index (χ1v) is 9.64. The maximum Gasteiger partial charge on any atom is 0.416 e. The van der Waals surface area contributed by atoms with Crippen LogP contribution in [-0.4, -0.2) is 48.3 Å². The van der Waals surface area contributed by atoms with E-state index < -0.39 is 17.6 Å². The minimum absolute atomic E-state index is 0.0859. The summed E-state index contributed by atoms with van der Waals surface area (Å²) in [4.78, 5) is 27.7. The average Bonchev–Trinajstić information content (AvgIpc) is 3.06. The first kappa shape index (κ1) is 22.6. The van der Waals surface area contributed by atoms with Crippen LogP contribution < -0.4 is 10.4 Å². The molecule has 1 aliphatic rings. The van der Waals surface area contributed by atoms with Crippen molar-refractivity contribution in [1.29, 1.82) is 0 Å². The SMILES string of the molecule is O=C(NO)c1ccc(CN(C(=O)N2CCCOCC2)c2ccc(C(F)(F)F)cc2)cc1. The van der Waals surface area contributed by atoms with E-state index in [0.717, 1.165) is 12.1 Å². The first-order valence-electron chi connectivity index (χ1n) is 9.64. The van der Waals surface area contributed by atoms with E-state index in [9.17, 15) is 22.8 Å². The molecule has 0 aromatic heterocycles. The maximum absolute atomic E-state index is 13.2. The van der Waals surface area contributed by atoms with E-state index in [0.29, 0.717) is 44.0 Å². The molecule has 1 saturated heterocycles. The monoisotopic (exact) mass is 437 g/mol. The van der Waals surface area contributed by atoms with Gasteiger partial charge in [0.2, 0.25) is 0 Å². The lowest BCUT2D eigenvalue weighted by Gasteiger charge is -2.30. The molecule has 2 N–H and O–H groups in total. The van der Waals surface area contributed by atoms with E-state index in [2.05, 4.69) is 0 Å². The summed E-state index contributed by atoms with van der Waals surface area (Å²) in [5, 5.41) is 8.72. The third-order valence-electron chi connectivity index (χ3n) is 4.89. The molecular formula is C21H22F3N3O4. The third-order valence-corrected chi connectivity index (χ3v) is 4.89. The number of nitrogens with one attached hydrogen (secondary N) is 1. The maximum atomic E-state index is 13.2. The summed E-state index contributed by atoms with van der Waals surface area (Å²) in [5.74, 6) is -0.674. The Hall–Kier alpha value is -3.11. The summed E-state index contributed by atoms with van der Waals surface area (Å²) in [7, 11) is 0. The smallest absolute Gasteiger partial charge is 0.380 e. The number of hydroxylamine groups is 1. The summed E-state index contributed by atoms with van der Waals surface area (Å²) in [6.07, 6.45) is -3.81. The molecule has 0 bridgehead atoms. The Morgan fingerprint density at radius 1 is 1.03 bits per heavy atom. The molecule has 0 unspecified atom stereocenters. The summed E-state index contributed by atoms with van der Waals surface area (Å²) < 4.78 is 44.2. The van der Waals surface area contributed by atoms with E-state index >= 15 is 0 Å². The highest BCUT2D eigenvalue weighted by Crippen LogP contribution is 2.31. The molecule has 3 rings (SSSR count). The number of ether oxygens (including phenoxy) is 1. The second-order valence-electron chi connectivity index (χ2n) is 7.00. The van der Waals surface area contributed by atoms with Gasteiger partial charge in [0.15, 0.2) is 0 Å². The van der Waals surface area contributed by atoms with Gasteiger partial charge in [-0.1, -0.05) is 12.1 Å². The topological polar surface area (TPSA) is 82.1 Å². The Morgan fingerprint density at radius 2 is 1.71 bits per heavy atom. The number of urea groups is 1. The van der Waals surface area contributed by atoms with Crippen LogP contribution in [0.1, 0.15) is 27.9 Å². The van der Waals surface area contributed by atoms with Crippen molar-refractivity contribution in [1.82, 2.24) is 10.4 Å². The molecule has 1 heterocycles. The van der Waals surface area contributed by atoms with E-state index in [-0.39, 0.29) is 18.1 Å². The molecule has 0 aliphatic carbocycles. The number of anilines is 1. The lowest BCUT2D eigenvalue weighted by molar-refractivity contribution is -0.137. The number of rotatable bonds is 4. The summed E-state index contributed by atoms with van der Waals surface area (Å²) >= 11 is 0. The van der Waals surface area contributed by atoms with Crippen molar-refractivity contribution in [2.75, 3.05) is 31.2 Å². The number of hydrogen-bond donors (Lipinski definition) is 2. The van der Waals surface area contributed by atoms with Gasteiger partial charge >= 0.3 is 12.2 Å². The van der Waals surface area contributed by atoms with Crippen molar-refractivity contribution in [3.63, 3.8) is 0 Å². The quantitative estimate of drug-likeness (QED) is 0.565. The van der Waals surface area contributed by atoms with Crippen LogP contribution in [0.2, 0.25) is 0 Å². The Balaban J connectivity index is 1.88. The van der Waals surface area contributed by atoms with Gasteiger partial charge in [0, 0.05) is 30.9 Å². The molecule has 3 amide bonds. The van der Waals surface area contributed by atoms with Gasteiger partial charge in [-0.05, 0) is 48.4 Å². The highest BCUT2D eigenvalue weighted by atomic mass is 19.4. The molecule has 10 heteroatoms. The molecule has 1 aliphatic heterocycles. The molecule has 2 aromatic carbocycles. The largest absolute Gasteiger partial charge is 0.416 e. The van der Waals surface area contributed by atoms with Gasteiger partial charge in [-0.2, -0.15) is 13.2 Å². The fraction of sp³-hybridized carbons (Fsp3) is 0.333. The number of amides is 3. The van der Waals surface area contributed by atoms with Crippen LogP contribution in [0.25, 0.3) is 0 Å². The van der Waals surface area contributed by atoms with Crippen molar-refractivity contribution in [3.8, 4) is 0 Å². The summed E-state index contributed by atoms with van der Waals surface area (Å²) in [6.45, 7) is 1.87. The second kappa shape index (κ2) is 9.80. The molecule has 0 radical (unpaired) electrons. The molecular weight excluding hydrogens is 415 g/mol. The van der Waals surface area contributed by atoms with Crippen LogP contribution in [0.5, 0.6) is 0 Å². The zero-order chi connectivity index (χ0) is 22.4.